The summed E-state index contributed by atoms with van der Waals surface area (Å²) >= 11 is 0. The van der Waals surface area contributed by atoms with Gasteiger partial charge in [0.05, 0.1) is 18.7 Å². The number of hydrogen-bond donors (Lipinski definition) is 4. The zero-order chi connectivity index (χ0) is 24.2. The number of nitrogens with zero attached hydrogens (tertiary/aromatic N) is 2. The summed E-state index contributed by atoms with van der Waals surface area (Å²) in [7, 11) is 1.58. The maximum Gasteiger partial charge on any atom is 0.305 e. The van der Waals surface area contributed by atoms with Gasteiger partial charge in [0.2, 0.25) is 5.91 Å². The molecule has 1 aromatic heterocycles. The fraction of sp³-hybridized carbons (Fsp3) is 0.333. The molecular formula is C24H31N5O4. The van der Waals surface area contributed by atoms with Crippen LogP contribution in [0.3, 0.4) is 0 Å². The summed E-state index contributed by atoms with van der Waals surface area (Å²) in [6.07, 6.45) is 13.5. The Labute approximate surface area is 193 Å². The molecule has 0 saturated heterocycles. The number of dihydropyridines is 1. The lowest BCUT2D eigenvalue weighted by Gasteiger charge is -2.18. The minimum Gasteiger partial charge on any atom is -0.481 e. The summed E-state index contributed by atoms with van der Waals surface area (Å²) in [5.41, 5.74) is 3.76. The third kappa shape index (κ3) is 7.95. The lowest BCUT2D eigenvalue weighted by Crippen LogP contribution is -2.30. The summed E-state index contributed by atoms with van der Waals surface area (Å²) in [5.74, 6) is -1.40. The van der Waals surface area contributed by atoms with Crippen LogP contribution < -0.4 is 16.0 Å². The first kappa shape index (κ1) is 25.4. The van der Waals surface area contributed by atoms with E-state index in [0.29, 0.717) is 24.5 Å². The summed E-state index contributed by atoms with van der Waals surface area (Å²) in [4.78, 5) is 34.9. The summed E-state index contributed by atoms with van der Waals surface area (Å²) in [5, 5.41) is 21.8. The van der Waals surface area contributed by atoms with Crippen LogP contribution in [0, 0.1) is 0 Å². The van der Waals surface area contributed by atoms with Crippen molar-refractivity contribution < 1.29 is 19.5 Å². The Kier molecular flexibility index (Phi) is 9.88. The van der Waals surface area contributed by atoms with Crippen LogP contribution in [0.2, 0.25) is 0 Å². The van der Waals surface area contributed by atoms with E-state index in [-0.39, 0.29) is 31.2 Å². The van der Waals surface area contributed by atoms with Crippen molar-refractivity contribution >= 4 is 23.4 Å². The Morgan fingerprint density at radius 1 is 1.24 bits per heavy atom. The van der Waals surface area contributed by atoms with Gasteiger partial charge in [-0.25, -0.2) is 0 Å². The Morgan fingerprint density at radius 3 is 2.64 bits per heavy atom. The molecule has 9 nitrogen and oxygen atoms in total. The van der Waals surface area contributed by atoms with Crippen molar-refractivity contribution in [3.63, 3.8) is 0 Å². The average Bonchev–Trinajstić information content (AvgIpc) is 3.20. The fourth-order valence-electron chi connectivity index (χ4n) is 3.13. The van der Waals surface area contributed by atoms with E-state index in [1.807, 2.05) is 56.4 Å². The van der Waals surface area contributed by atoms with Gasteiger partial charge in [0.1, 0.15) is 5.69 Å². The third-order valence-corrected chi connectivity index (χ3v) is 4.78. The van der Waals surface area contributed by atoms with Crippen molar-refractivity contribution in [1.29, 1.82) is 0 Å². The van der Waals surface area contributed by atoms with Crippen molar-refractivity contribution in [2.45, 2.75) is 33.2 Å². The number of rotatable bonds is 11. The topological polar surface area (TPSA) is 125 Å². The van der Waals surface area contributed by atoms with Crippen LogP contribution in [-0.4, -0.2) is 52.8 Å². The second kappa shape index (κ2) is 12.8. The molecule has 0 aliphatic carbocycles. The number of carbonyl (C=O) groups is 3. The molecule has 2 amide bonds. The van der Waals surface area contributed by atoms with Crippen molar-refractivity contribution in [3.05, 3.63) is 71.3 Å². The lowest BCUT2D eigenvalue weighted by atomic mass is 10.1. The van der Waals surface area contributed by atoms with Crippen molar-refractivity contribution in [2.75, 3.05) is 20.1 Å². The molecule has 4 N–H and O–H groups in total. The van der Waals surface area contributed by atoms with Crippen LogP contribution in [0.25, 0.3) is 5.57 Å². The molecule has 2 heterocycles. The van der Waals surface area contributed by atoms with Gasteiger partial charge in [-0.2, -0.15) is 5.10 Å². The zero-order valence-corrected chi connectivity index (χ0v) is 19.2. The van der Waals surface area contributed by atoms with E-state index in [9.17, 15) is 14.4 Å². The molecule has 1 aliphatic rings. The number of carboxylic acid groups (broad SMARTS) is 1. The van der Waals surface area contributed by atoms with Gasteiger partial charge in [0, 0.05) is 37.8 Å². The van der Waals surface area contributed by atoms with Crippen LogP contribution in [0.5, 0.6) is 0 Å². The first-order chi connectivity index (χ1) is 15.9. The van der Waals surface area contributed by atoms with Gasteiger partial charge in [0.15, 0.2) is 0 Å². The lowest BCUT2D eigenvalue weighted by molar-refractivity contribution is -0.136. The standard InChI is InChI=1S/C24H31N5O4/c1-4-6-8-18(7-5-2)20-14-21(24(33)25-3)29(28-20)16-19-10-9-17(15-27-19)13-22(30)26-12-11-23(31)32/h4-10,14,27H,11-13,15-16H2,1-3H3,(H,25,33)(H,26,30)(H,31,32)/b6-4-,7-5-,18-8+. The SMILES string of the molecule is C\C=C/C=C(\C=C/C)c1cc(C(=O)NC)n(CC2=CC=C(CC(=O)NCCC(=O)O)CN2)n1. The third-order valence-electron chi connectivity index (χ3n) is 4.78. The smallest absolute Gasteiger partial charge is 0.305 e. The molecular weight excluding hydrogens is 422 g/mol. The maximum absolute atomic E-state index is 12.4. The van der Waals surface area contributed by atoms with Gasteiger partial charge >= 0.3 is 5.97 Å². The number of amides is 2. The van der Waals surface area contributed by atoms with Crippen LogP contribution in [0.1, 0.15) is 42.9 Å². The van der Waals surface area contributed by atoms with Gasteiger partial charge in [-0.1, -0.05) is 36.5 Å². The Bertz CT molecular complexity index is 1030. The Hall–Kier alpha value is -3.88. The molecule has 33 heavy (non-hydrogen) atoms. The summed E-state index contributed by atoms with van der Waals surface area (Å²) in [6, 6.07) is 1.76. The van der Waals surface area contributed by atoms with Gasteiger partial charge < -0.3 is 21.1 Å². The van der Waals surface area contributed by atoms with Gasteiger partial charge in [-0.05, 0) is 31.6 Å². The van der Waals surface area contributed by atoms with E-state index >= 15 is 0 Å². The number of aromatic nitrogens is 2. The predicted octanol–water partition coefficient (Wildman–Crippen LogP) is 2.17. The number of nitrogens with one attached hydrogen (secondary N) is 3. The molecule has 0 spiro atoms. The summed E-state index contributed by atoms with van der Waals surface area (Å²) in [6.45, 7) is 4.81. The molecule has 0 saturated carbocycles. The zero-order valence-electron chi connectivity index (χ0n) is 19.2. The van der Waals surface area contributed by atoms with Gasteiger partial charge in [-0.15, -0.1) is 0 Å². The fourth-order valence-corrected chi connectivity index (χ4v) is 3.13. The molecule has 2 rings (SSSR count). The van der Waals surface area contributed by atoms with Gasteiger partial charge in [0.25, 0.3) is 5.91 Å². The molecule has 176 valence electrons. The summed E-state index contributed by atoms with van der Waals surface area (Å²) < 4.78 is 1.65. The predicted molar refractivity (Wildman–Crippen MR) is 127 cm³/mol. The van der Waals surface area contributed by atoms with E-state index in [4.69, 9.17) is 5.11 Å². The molecule has 1 aromatic rings. The van der Waals surface area contributed by atoms with Crippen molar-refractivity contribution in [1.82, 2.24) is 25.7 Å². The molecule has 0 atom stereocenters. The molecule has 0 fully saturated rings. The van der Waals surface area contributed by atoms with E-state index in [1.165, 1.54) is 0 Å². The number of aliphatic carboxylic acids is 1. The van der Waals surface area contributed by atoms with E-state index < -0.39 is 5.97 Å². The van der Waals surface area contributed by atoms with E-state index in [1.54, 1.807) is 17.8 Å². The molecule has 9 heteroatoms. The first-order valence-corrected chi connectivity index (χ1v) is 10.7. The number of allylic oxidation sites excluding steroid dienone is 9. The normalized spacial score (nSPS) is 14.1. The minimum atomic E-state index is -0.950. The Balaban J connectivity index is 2.16. The second-order valence-electron chi connectivity index (χ2n) is 7.34. The monoisotopic (exact) mass is 453 g/mol. The Morgan fingerprint density at radius 2 is 2.03 bits per heavy atom. The minimum absolute atomic E-state index is 0.105. The molecule has 0 bridgehead atoms. The quantitative estimate of drug-likeness (QED) is 0.381. The number of hydrogen-bond acceptors (Lipinski definition) is 5. The molecule has 1 aliphatic heterocycles. The number of carbonyl (C=O) groups excluding carboxylic acids is 2. The highest BCUT2D eigenvalue weighted by Gasteiger charge is 2.18. The van der Waals surface area contributed by atoms with E-state index in [2.05, 4.69) is 21.0 Å². The average molecular weight is 454 g/mol. The van der Waals surface area contributed by atoms with Gasteiger partial charge in [-0.3, -0.25) is 19.1 Å². The first-order valence-electron chi connectivity index (χ1n) is 10.7. The molecule has 0 radical (unpaired) electrons. The van der Waals surface area contributed by atoms with Crippen molar-refractivity contribution in [3.8, 4) is 0 Å². The van der Waals surface area contributed by atoms with Crippen LogP contribution >= 0.6 is 0 Å². The van der Waals surface area contributed by atoms with Crippen molar-refractivity contribution in [2.24, 2.45) is 0 Å². The largest absolute Gasteiger partial charge is 0.481 e. The van der Waals surface area contributed by atoms with Crippen LogP contribution in [-0.2, 0) is 16.1 Å². The highest BCUT2D eigenvalue weighted by atomic mass is 16.4. The second-order valence-corrected chi connectivity index (χ2v) is 7.34. The number of carboxylic acids is 1. The van der Waals surface area contributed by atoms with Crippen LogP contribution in [0.15, 0.2) is 59.9 Å². The van der Waals surface area contributed by atoms with Crippen LogP contribution in [0.4, 0.5) is 0 Å². The molecule has 0 unspecified atom stereocenters. The highest BCUT2D eigenvalue weighted by molar-refractivity contribution is 5.93. The molecule has 0 aromatic carbocycles. The van der Waals surface area contributed by atoms with E-state index in [0.717, 1.165) is 16.8 Å². The highest BCUT2D eigenvalue weighted by Crippen LogP contribution is 2.18. The maximum atomic E-state index is 12.4.